The fourth-order valence-corrected chi connectivity index (χ4v) is 4.44. The molecule has 0 aliphatic heterocycles. The molecular formula is C21H16F29NO2P+. The van der Waals surface area contributed by atoms with E-state index in [4.69, 9.17) is 0 Å². The lowest BCUT2D eigenvalue weighted by Gasteiger charge is -2.46. The summed E-state index contributed by atoms with van der Waals surface area (Å²) in [6.45, 7) is -0.650. The number of halogens is 29. The minimum absolute atomic E-state index is 0.735. The summed E-state index contributed by atoms with van der Waals surface area (Å²) in [5.41, 5.74) is -1.99. The van der Waals surface area contributed by atoms with Gasteiger partial charge in [0, 0.05) is 0 Å². The van der Waals surface area contributed by atoms with E-state index in [1.54, 1.807) is 0 Å². The predicted molar refractivity (Wildman–Crippen MR) is 117 cm³/mol. The van der Waals surface area contributed by atoms with Crippen LogP contribution in [0.25, 0.3) is 0 Å². The highest BCUT2D eigenvalue weighted by molar-refractivity contribution is 7.51. The Morgan fingerprint density at radius 3 is 0.796 bits per heavy atom. The summed E-state index contributed by atoms with van der Waals surface area (Å²) in [5, 5.41) is 0. The van der Waals surface area contributed by atoms with E-state index in [0.29, 0.717) is 0 Å². The summed E-state index contributed by atoms with van der Waals surface area (Å²) in [4.78, 5) is 11.9. The van der Waals surface area contributed by atoms with Gasteiger partial charge in [-0.1, -0.05) is 0 Å². The van der Waals surface area contributed by atoms with Gasteiger partial charge >= 0.3 is 83.4 Å². The second-order valence-corrected chi connectivity index (χ2v) is 13.4. The minimum Gasteiger partial charge on any atom is -0.629 e. The zero-order chi connectivity index (χ0) is 44.8. The van der Waals surface area contributed by atoms with Gasteiger partial charge in [0.1, 0.15) is 6.16 Å². The summed E-state index contributed by atoms with van der Waals surface area (Å²) < 4.78 is 398. The van der Waals surface area contributed by atoms with Crippen LogP contribution >= 0.6 is 7.77 Å². The van der Waals surface area contributed by atoms with Gasteiger partial charge in [0.25, 0.3) is 5.48 Å². The topological polar surface area (TPSA) is 32.3 Å². The molecule has 0 N–H and O–H groups in total. The number of nitrogens with zero attached hydrogens (tertiary/aromatic N) is 1. The van der Waals surface area contributed by atoms with Crippen molar-refractivity contribution in [3.05, 3.63) is 0 Å². The third kappa shape index (κ3) is 7.00. The Balaban J connectivity index is 7.61. The van der Waals surface area contributed by atoms with Crippen LogP contribution in [0.15, 0.2) is 0 Å². The number of rotatable bonds is 17. The molecule has 3 nitrogen and oxygen atoms in total. The molecule has 33 heteroatoms. The predicted octanol–water partition coefficient (Wildman–Crippen LogP) is 9.39. The van der Waals surface area contributed by atoms with Gasteiger partial charge in [-0.15, -0.1) is 0 Å². The van der Waals surface area contributed by atoms with Crippen molar-refractivity contribution in [1.82, 2.24) is 0 Å². The highest BCUT2D eigenvalue weighted by Crippen LogP contribution is 2.69. The molecular weight excluding hydrogens is 880 g/mol. The van der Waals surface area contributed by atoms with Crippen LogP contribution in [0.3, 0.4) is 0 Å². The Kier molecular flexibility index (Phi) is 13.1. The van der Waals surface area contributed by atoms with Gasteiger partial charge < -0.3 is 9.38 Å². The van der Waals surface area contributed by atoms with E-state index in [0.717, 1.165) is 28.1 Å². The van der Waals surface area contributed by atoms with Crippen molar-refractivity contribution >= 4 is 13.3 Å². The Morgan fingerprint density at radius 2 is 0.611 bits per heavy atom. The molecule has 0 saturated carbocycles. The molecule has 54 heavy (non-hydrogen) atoms. The molecule has 0 aliphatic rings. The Hall–Kier alpha value is -1.98. The molecule has 0 spiro atoms. The fourth-order valence-electron chi connectivity index (χ4n) is 3.29. The van der Waals surface area contributed by atoms with Crippen molar-refractivity contribution in [2.45, 2.75) is 90.3 Å². The fraction of sp³-hybridized carbons (Fsp3) is 0.952. The molecule has 0 aromatic carbocycles. The molecule has 0 rings (SSSR count). The van der Waals surface area contributed by atoms with E-state index in [1.165, 1.54) is 0 Å². The molecule has 0 aromatic heterocycles. The molecule has 0 radical (unpaired) electrons. The lowest BCUT2D eigenvalue weighted by molar-refractivity contribution is -0.861. The van der Waals surface area contributed by atoms with Crippen molar-refractivity contribution in [2.75, 3.05) is 33.8 Å². The second kappa shape index (κ2) is 13.6. The van der Waals surface area contributed by atoms with Gasteiger partial charge in [-0.25, -0.2) is 4.74 Å². The zero-order valence-electron chi connectivity index (χ0n) is 25.6. The maximum absolute atomic E-state index is 14.2. The van der Waals surface area contributed by atoms with Crippen molar-refractivity contribution < 1.29 is 141 Å². The molecule has 0 bridgehead atoms. The van der Waals surface area contributed by atoms with Crippen LogP contribution < -0.4 is 4.89 Å². The molecule has 0 amide bonds. The normalized spacial score (nSPS) is 17.2. The molecule has 0 saturated heterocycles. The average molecular weight is 896 g/mol. The Bertz CT molecular complexity index is 1390. The first-order valence-electron chi connectivity index (χ1n) is 12.6. The van der Waals surface area contributed by atoms with Crippen LogP contribution in [0.2, 0.25) is 0 Å². The first-order chi connectivity index (χ1) is 22.8. The lowest BCUT2D eigenvalue weighted by atomic mass is 9.84. The number of quaternary nitrogens is 1. The van der Waals surface area contributed by atoms with Crippen LogP contribution in [0, 0.1) is 0 Å². The first kappa shape index (κ1) is 52.0. The summed E-state index contributed by atoms with van der Waals surface area (Å²) >= 11 is 0. The van der Waals surface area contributed by atoms with Crippen molar-refractivity contribution in [3.8, 4) is 0 Å². The number of likely N-dealkylation sites (N-methyl/N-ethyl adjacent to an activating group) is 1. The number of hydrogen-bond donors (Lipinski definition) is 0. The molecule has 0 aromatic rings. The SMILES string of the molecule is CC[P+]([O-])=C(C[N+](C)(C)C)OC(F)(F)C(F)(F)C(F)(F)C(F)(F)C(F)(F)C(F)(F)C(F)(F)C(F)(F)C(F)(F)C(F)(F)C(F)(F)C(F)(F)C(F)(F)C(F)(F)F. The van der Waals surface area contributed by atoms with Crippen LogP contribution in [0.1, 0.15) is 6.92 Å². The largest absolute Gasteiger partial charge is 0.629 e. The summed E-state index contributed by atoms with van der Waals surface area (Å²) in [5.74, 6) is -114. The molecule has 0 fully saturated rings. The summed E-state index contributed by atoms with van der Waals surface area (Å²) in [7, 11) is -0.962. The van der Waals surface area contributed by atoms with Gasteiger partial charge in [0.2, 0.25) is 0 Å². The van der Waals surface area contributed by atoms with Gasteiger partial charge in [-0.3, -0.25) is 0 Å². The van der Waals surface area contributed by atoms with Crippen LogP contribution in [0.5, 0.6) is 0 Å². The summed E-state index contributed by atoms with van der Waals surface area (Å²) in [6, 6.07) is 0. The van der Waals surface area contributed by atoms with Crippen LogP contribution in [0.4, 0.5) is 127 Å². The third-order valence-corrected chi connectivity index (χ3v) is 7.84. The van der Waals surface area contributed by atoms with E-state index in [9.17, 15) is 132 Å². The standard InChI is InChI=1S/C21H16F29NO2P/c1-5-54(52)7(6-51(2,3)4)53-21(49,50)19(44,45)17(40,41)15(36,37)13(32,33)11(28,29)9(24,25)8(22,23)10(26,27)12(30,31)14(34,35)16(38,39)18(42,43)20(46,47)48/h5-6H2,1-4H3/q+1. The average Bonchev–Trinajstić information content (AvgIpc) is 2.93. The first-order valence-corrected chi connectivity index (χ1v) is 14.0. The smallest absolute Gasteiger partial charge is 0.460 e. The monoisotopic (exact) mass is 896 g/mol. The maximum Gasteiger partial charge on any atom is 0.460 e. The van der Waals surface area contributed by atoms with Crippen LogP contribution in [-0.2, 0) is 4.74 Å². The van der Waals surface area contributed by atoms with Gasteiger partial charge in [-0.2, -0.15) is 127 Å². The van der Waals surface area contributed by atoms with Crippen molar-refractivity contribution in [1.29, 1.82) is 0 Å². The zero-order valence-corrected chi connectivity index (χ0v) is 26.5. The third-order valence-electron chi connectivity index (χ3n) is 6.48. The van der Waals surface area contributed by atoms with Crippen molar-refractivity contribution in [2.24, 2.45) is 0 Å². The van der Waals surface area contributed by atoms with E-state index in [-0.39, 0.29) is 0 Å². The van der Waals surface area contributed by atoms with Crippen molar-refractivity contribution in [3.63, 3.8) is 0 Å². The molecule has 324 valence electrons. The molecule has 1 unspecified atom stereocenters. The molecule has 0 heterocycles. The lowest BCUT2D eigenvalue weighted by Crippen LogP contribution is -2.79. The molecule has 0 aliphatic carbocycles. The number of alkyl halides is 29. The quantitative estimate of drug-likeness (QED) is 0.0829. The molecule has 1 atom stereocenters. The maximum atomic E-state index is 14.2. The highest BCUT2D eigenvalue weighted by Gasteiger charge is 3.01. The van der Waals surface area contributed by atoms with E-state index in [1.807, 2.05) is 0 Å². The van der Waals surface area contributed by atoms with E-state index < -0.39 is 114 Å². The van der Waals surface area contributed by atoms with E-state index >= 15 is 0 Å². The highest BCUT2D eigenvalue weighted by atomic mass is 31.1. The van der Waals surface area contributed by atoms with Crippen LogP contribution in [-0.4, -0.2) is 127 Å². The minimum atomic E-state index is -9.98. The number of ether oxygens (including phenoxy) is 1. The summed E-state index contributed by atoms with van der Waals surface area (Å²) in [6.07, 6.45) is -16.9. The Morgan fingerprint density at radius 1 is 0.407 bits per heavy atom. The number of hydrogen-bond acceptors (Lipinski definition) is 2. The van der Waals surface area contributed by atoms with Gasteiger partial charge in [0.05, 0.1) is 28.9 Å². The second-order valence-electron chi connectivity index (χ2n) is 11.5. The van der Waals surface area contributed by atoms with Gasteiger partial charge in [0.15, 0.2) is 6.54 Å². The van der Waals surface area contributed by atoms with Gasteiger partial charge in [-0.05, 0) is 6.92 Å². The Labute approximate surface area is 280 Å². The van der Waals surface area contributed by atoms with E-state index in [2.05, 4.69) is 4.74 Å².